The zero-order valence-corrected chi connectivity index (χ0v) is 12.8. The number of nitrogens with zero attached hydrogens (tertiary/aromatic N) is 2. The molecule has 2 heterocycles. The predicted molar refractivity (Wildman–Crippen MR) is 81.4 cm³/mol. The molecule has 1 aliphatic heterocycles. The first kappa shape index (κ1) is 17.1. The summed E-state index contributed by atoms with van der Waals surface area (Å²) in [5.41, 5.74) is 1.21. The van der Waals surface area contributed by atoms with E-state index in [1.165, 1.54) is 5.69 Å². The van der Waals surface area contributed by atoms with Crippen molar-refractivity contribution in [2.45, 2.75) is 0 Å². The van der Waals surface area contributed by atoms with Gasteiger partial charge in [0, 0.05) is 38.3 Å². The van der Waals surface area contributed by atoms with Gasteiger partial charge in [-0.2, -0.15) is 0 Å². The minimum Gasteiger partial charge on any atom is -0.478 e. The molecule has 2 rings (SSSR count). The highest BCUT2D eigenvalue weighted by Gasteiger charge is 2.09. The van der Waals surface area contributed by atoms with E-state index in [4.69, 9.17) is 10.2 Å². The van der Waals surface area contributed by atoms with Gasteiger partial charge in [0.25, 0.3) is 0 Å². The Morgan fingerprint density at radius 3 is 2.19 bits per heavy atom. The summed E-state index contributed by atoms with van der Waals surface area (Å²) < 4.78 is 0.895. The van der Waals surface area contributed by atoms with Gasteiger partial charge in [-0.25, -0.2) is 14.6 Å². The van der Waals surface area contributed by atoms with Crippen LogP contribution in [0.5, 0.6) is 0 Å². The van der Waals surface area contributed by atoms with Crippen LogP contribution in [0.4, 0.5) is 5.69 Å². The number of nitrogens with one attached hydrogen (secondary N) is 1. The number of aliphatic carboxylic acids is 2. The van der Waals surface area contributed by atoms with Crippen molar-refractivity contribution in [3.8, 4) is 0 Å². The number of hydrogen-bond acceptors (Lipinski definition) is 5. The fraction of sp³-hybridized carbons (Fsp3) is 0.308. The van der Waals surface area contributed by atoms with Gasteiger partial charge in [0.15, 0.2) is 0 Å². The minimum absolute atomic E-state index is 0.558. The molecule has 21 heavy (non-hydrogen) atoms. The second-order valence-corrected chi connectivity index (χ2v) is 4.90. The molecule has 0 amide bonds. The minimum atomic E-state index is -1.26. The second kappa shape index (κ2) is 9.09. The largest absolute Gasteiger partial charge is 0.478 e. The van der Waals surface area contributed by atoms with Crippen molar-refractivity contribution < 1.29 is 19.8 Å². The van der Waals surface area contributed by atoms with E-state index in [1.807, 2.05) is 12.3 Å². The summed E-state index contributed by atoms with van der Waals surface area (Å²) in [6, 6.07) is 4.08. The average Bonchev–Trinajstić information content (AvgIpc) is 2.47. The molecule has 0 aliphatic carbocycles. The molecule has 1 aromatic heterocycles. The van der Waals surface area contributed by atoms with E-state index in [9.17, 15) is 9.59 Å². The van der Waals surface area contributed by atoms with Crippen molar-refractivity contribution in [2.75, 3.05) is 31.1 Å². The molecule has 8 heteroatoms. The van der Waals surface area contributed by atoms with Crippen LogP contribution in [-0.4, -0.2) is 53.3 Å². The Balaban J connectivity index is 0.000000240. The van der Waals surface area contributed by atoms with Crippen LogP contribution in [0.15, 0.2) is 35.1 Å². The topological polar surface area (TPSA) is 103 Å². The monoisotopic (exact) mass is 357 g/mol. The zero-order chi connectivity index (χ0) is 15.7. The van der Waals surface area contributed by atoms with Crippen LogP contribution in [0.2, 0.25) is 0 Å². The summed E-state index contributed by atoms with van der Waals surface area (Å²) in [6.45, 7) is 4.28. The number of hydrogen-bond donors (Lipinski definition) is 3. The van der Waals surface area contributed by atoms with Crippen molar-refractivity contribution in [1.29, 1.82) is 0 Å². The first-order valence-corrected chi connectivity index (χ1v) is 6.99. The third-order valence-corrected chi connectivity index (χ3v) is 3.03. The lowest BCUT2D eigenvalue weighted by atomic mass is 10.3. The molecule has 7 nitrogen and oxygen atoms in total. The molecule has 1 fully saturated rings. The number of carboxylic acid groups (broad SMARTS) is 2. The number of pyridine rings is 1. The average molecular weight is 358 g/mol. The quantitative estimate of drug-likeness (QED) is 0.546. The molecular weight excluding hydrogens is 342 g/mol. The lowest BCUT2D eigenvalue weighted by Gasteiger charge is -2.29. The van der Waals surface area contributed by atoms with Gasteiger partial charge in [-0.3, -0.25) is 0 Å². The number of aromatic nitrogens is 1. The SMILES string of the molecule is Brc1ccc(N2CCNCC2)cn1.O=C(O)/C=C/C(=O)O. The van der Waals surface area contributed by atoms with Gasteiger partial charge in [0.2, 0.25) is 0 Å². The molecular formula is C13H16BrN3O4. The normalized spacial score (nSPS) is 14.4. The van der Waals surface area contributed by atoms with Crippen LogP contribution in [0.1, 0.15) is 0 Å². The molecule has 1 aromatic rings. The van der Waals surface area contributed by atoms with Gasteiger partial charge in [0.1, 0.15) is 4.60 Å². The summed E-state index contributed by atoms with van der Waals surface area (Å²) in [5, 5.41) is 18.9. The maximum Gasteiger partial charge on any atom is 0.328 e. The molecule has 0 aromatic carbocycles. The highest BCUT2D eigenvalue weighted by Crippen LogP contribution is 2.15. The fourth-order valence-electron chi connectivity index (χ4n) is 1.62. The highest BCUT2D eigenvalue weighted by atomic mass is 79.9. The standard InChI is InChI=1S/C9H12BrN3.C4H4O4/c10-9-2-1-8(7-12-9)13-5-3-11-4-6-13;5-3(6)1-2-4(7)8/h1-2,7,11H,3-6H2;1-2H,(H,5,6)(H,7,8)/b;2-1+. The Bertz CT molecular complexity index is 483. The fourth-order valence-corrected chi connectivity index (χ4v) is 1.86. The van der Waals surface area contributed by atoms with Gasteiger partial charge in [-0.1, -0.05) is 0 Å². The van der Waals surface area contributed by atoms with E-state index in [0.29, 0.717) is 12.2 Å². The van der Waals surface area contributed by atoms with Gasteiger partial charge in [-0.15, -0.1) is 0 Å². The Morgan fingerprint density at radius 1 is 1.19 bits per heavy atom. The number of anilines is 1. The van der Waals surface area contributed by atoms with Crippen LogP contribution in [0.25, 0.3) is 0 Å². The van der Waals surface area contributed by atoms with Crippen molar-refractivity contribution in [3.63, 3.8) is 0 Å². The Hall–Kier alpha value is -1.93. The van der Waals surface area contributed by atoms with E-state index in [0.717, 1.165) is 30.8 Å². The van der Waals surface area contributed by atoms with Gasteiger partial charge in [0.05, 0.1) is 11.9 Å². The van der Waals surface area contributed by atoms with Crippen molar-refractivity contribution in [1.82, 2.24) is 10.3 Å². The first-order valence-electron chi connectivity index (χ1n) is 6.20. The predicted octanol–water partition coefficient (Wildman–Crippen LogP) is 0.965. The molecule has 0 atom stereocenters. The van der Waals surface area contributed by atoms with Crippen LogP contribution in [-0.2, 0) is 9.59 Å². The third-order valence-electron chi connectivity index (χ3n) is 2.56. The Morgan fingerprint density at radius 2 is 1.76 bits per heavy atom. The third kappa shape index (κ3) is 7.42. The maximum atomic E-state index is 9.55. The van der Waals surface area contributed by atoms with Gasteiger partial charge < -0.3 is 20.4 Å². The lowest BCUT2D eigenvalue weighted by Crippen LogP contribution is -2.43. The van der Waals surface area contributed by atoms with Gasteiger partial charge in [-0.05, 0) is 28.1 Å². The van der Waals surface area contributed by atoms with E-state index in [-0.39, 0.29) is 0 Å². The number of rotatable bonds is 3. The van der Waals surface area contributed by atoms with E-state index >= 15 is 0 Å². The summed E-state index contributed by atoms with van der Waals surface area (Å²) in [5.74, 6) is -2.51. The smallest absolute Gasteiger partial charge is 0.328 e. The molecule has 0 spiro atoms. The maximum absolute atomic E-state index is 9.55. The number of carbonyl (C=O) groups is 2. The molecule has 3 N–H and O–H groups in total. The highest BCUT2D eigenvalue weighted by molar-refractivity contribution is 9.10. The summed E-state index contributed by atoms with van der Waals surface area (Å²) >= 11 is 3.33. The zero-order valence-electron chi connectivity index (χ0n) is 11.2. The van der Waals surface area contributed by atoms with Crippen LogP contribution in [0.3, 0.4) is 0 Å². The molecule has 0 bridgehead atoms. The van der Waals surface area contributed by atoms with Crippen molar-refractivity contribution >= 4 is 33.6 Å². The Labute approximate surface area is 130 Å². The number of piperazine rings is 1. The van der Waals surface area contributed by atoms with Crippen LogP contribution in [0, 0.1) is 0 Å². The second-order valence-electron chi connectivity index (χ2n) is 4.09. The van der Waals surface area contributed by atoms with Crippen molar-refractivity contribution in [3.05, 3.63) is 35.1 Å². The summed E-state index contributed by atoms with van der Waals surface area (Å²) in [7, 11) is 0. The first-order chi connectivity index (χ1) is 9.99. The van der Waals surface area contributed by atoms with Gasteiger partial charge >= 0.3 is 11.9 Å². The molecule has 1 aliphatic rings. The molecule has 0 radical (unpaired) electrons. The van der Waals surface area contributed by atoms with E-state index < -0.39 is 11.9 Å². The molecule has 1 saturated heterocycles. The van der Waals surface area contributed by atoms with E-state index in [1.54, 1.807) is 0 Å². The molecule has 0 saturated carbocycles. The Kier molecular flexibility index (Phi) is 7.41. The number of carboxylic acids is 2. The van der Waals surface area contributed by atoms with Crippen LogP contribution >= 0.6 is 15.9 Å². The molecule has 114 valence electrons. The summed E-state index contributed by atoms with van der Waals surface area (Å²) in [4.78, 5) is 25.7. The summed E-state index contributed by atoms with van der Waals surface area (Å²) in [6.07, 6.45) is 3.03. The lowest BCUT2D eigenvalue weighted by molar-refractivity contribution is -0.134. The van der Waals surface area contributed by atoms with Crippen molar-refractivity contribution in [2.24, 2.45) is 0 Å². The molecule has 0 unspecified atom stereocenters. The number of halogens is 1. The van der Waals surface area contributed by atoms with E-state index in [2.05, 4.69) is 37.2 Å². The van der Waals surface area contributed by atoms with Crippen LogP contribution < -0.4 is 10.2 Å².